The first kappa shape index (κ1) is 19.9. The van der Waals surface area contributed by atoms with Crippen molar-refractivity contribution in [2.45, 2.75) is 111 Å². The highest BCUT2D eigenvalue weighted by Gasteiger charge is 2.72. The lowest BCUT2D eigenvalue weighted by atomic mass is 9.69. The van der Waals surface area contributed by atoms with Crippen LogP contribution in [0.15, 0.2) is 0 Å². The average Bonchev–Trinajstić information content (AvgIpc) is 3.06. The van der Waals surface area contributed by atoms with Gasteiger partial charge in [0.05, 0.1) is 18.2 Å². The Balaban J connectivity index is 1.93. The van der Waals surface area contributed by atoms with Crippen LogP contribution in [-0.4, -0.2) is 46.2 Å². The van der Waals surface area contributed by atoms with Crippen molar-refractivity contribution < 1.29 is 19.4 Å². The summed E-state index contributed by atoms with van der Waals surface area (Å²) < 4.78 is 12.1. The molecule has 26 heavy (non-hydrogen) atoms. The van der Waals surface area contributed by atoms with Gasteiger partial charge in [0, 0.05) is 0 Å². The van der Waals surface area contributed by atoms with Crippen LogP contribution in [0.2, 0.25) is 0 Å². The molecular formula is C21H37NO4. The fourth-order valence-corrected chi connectivity index (χ4v) is 5.63. The van der Waals surface area contributed by atoms with E-state index in [-0.39, 0.29) is 29.1 Å². The van der Waals surface area contributed by atoms with Gasteiger partial charge < -0.3 is 14.6 Å². The molecule has 1 heterocycles. The fraction of sp³-hybridized carbons (Fsp3) is 0.952. The summed E-state index contributed by atoms with van der Waals surface area (Å²) >= 11 is 0. The number of amides is 1. The second kappa shape index (κ2) is 6.37. The normalized spacial score (nSPS) is 39.2. The topological polar surface area (TPSA) is 59.0 Å². The number of aliphatic hydroxyl groups is 1. The Morgan fingerprint density at radius 3 is 2.58 bits per heavy atom. The molecule has 1 saturated heterocycles. The van der Waals surface area contributed by atoms with Gasteiger partial charge in [-0.1, -0.05) is 40.5 Å². The van der Waals surface area contributed by atoms with Crippen LogP contribution in [0.1, 0.15) is 80.6 Å². The zero-order valence-corrected chi connectivity index (χ0v) is 17.5. The Morgan fingerprint density at radius 2 is 2.00 bits per heavy atom. The van der Waals surface area contributed by atoms with E-state index in [1.54, 1.807) is 4.90 Å². The van der Waals surface area contributed by atoms with Crippen LogP contribution >= 0.6 is 0 Å². The third-order valence-corrected chi connectivity index (χ3v) is 7.39. The molecule has 3 aliphatic rings. The SMILES string of the molecule is CCCC[C@H](O)[C@@H]1O[C@@H]2[C@@H]3CC[C@@](C)([C@@H]2N1C(=O)OC(C)(C)C)C3(C)C. The van der Waals surface area contributed by atoms with Gasteiger partial charge in [-0.3, -0.25) is 4.90 Å². The number of unbranched alkanes of at least 4 members (excludes halogenated alkanes) is 1. The highest BCUT2D eigenvalue weighted by atomic mass is 16.6. The predicted octanol–water partition coefficient (Wildman–Crippen LogP) is 4.32. The molecule has 0 aromatic carbocycles. The van der Waals surface area contributed by atoms with Crippen LogP contribution in [0, 0.1) is 16.7 Å². The van der Waals surface area contributed by atoms with E-state index in [2.05, 4.69) is 27.7 Å². The van der Waals surface area contributed by atoms with Gasteiger partial charge in [0.1, 0.15) is 5.60 Å². The largest absolute Gasteiger partial charge is 0.444 e. The Kier molecular flexibility index (Phi) is 4.88. The van der Waals surface area contributed by atoms with Crippen molar-refractivity contribution >= 4 is 6.09 Å². The lowest BCUT2D eigenvalue weighted by Gasteiger charge is -2.43. The number of carbonyl (C=O) groups excluding carboxylic acids is 1. The average molecular weight is 368 g/mol. The molecule has 2 bridgehead atoms. The number of carbonyl (C=O) groups is 1. The number of hydrogen-bond acceptors (Lipinski definition) is 4. The minimum atomic E-state index is -0.667. The molecule has 5 heteroatoms. The molecule has 1 amide bonds. The van der Waals surface area contributed by atoms with Gasteiger partial charge in [-0.15, -0.1) is 0 Å². The van der Waals surface area contributed by atoms with Gasteiger partial charge in [-0.25, -0.2) is 4.79 Å². The molecule has 150 valence electrons. The van der Waals surface area contributed by atoms with Crippen LogP contribution in [0.5, 0.6) is 0 Å². The molecule has 0 spiro atoms. The maximum Gasteiger partial charge on any atom is 0.412 e. The second-order valence-electron chi connectivity index (χ2n) is 10.3. The number of nitrogens with zero attached hydrogens (tertiary/aromatic N) is 1. The summed E-state index contributed by atoms with van der Waals surface area (Å²) in [4.78, 5) is 14.9. The Bertz CT molecular complexity index is 555. The highest BCUT2D eigenvalue weighted by molar-refractivity contribution is 5.70. The summed E-state index contributed by atoms with van der Waals surface area (Å²) in [6, 6.07) is -0.0209. The number of ether oxygens (including phenoxy) is 2. The summed E-state index contributed by atoms with van der Waals surface area (Å²) in [5.74, 6) is 0.422. The Morgan fingerprint density at radius 1 is 1.35 bits per heavy atom. The van der Waals surface area contributed by atoms with E-state index in [1.807, 2.05) is 20.8 Å². The maximum atomic E-state index is 13.1. The first-order valence-electron chi connectivity index (χ1n) is 10.3. The van der Waals surface area contributed by atoms with E-state index in [4.69, 9.17) is 9.47 Å². The summed E-state index contributed by atoms with van der Waals surface area (Å²) in [7, 11) is 0. The number of hydrogen-bond donors (Lipinski definition) is 1. The number of fused-ring (bicyclic) bond motifs is 5. The molecule has 1 aliphatic heterocycles. The van der Waals surface area contributed by atoms with Crippen LogP contribution in [0.3, 0.4) is 0 Å². The minimum Gasteiger partial charge on any atom is -0.444 e. The molecule has 0 unspecified atom stereocenters. The van der Waals surface area contributed by atoms with E-state index in [9.17, 15) is 9.90 Å². The molecule has 0 radical (unpaired) electrons. The summed E-state index contributed by atoms with van der Waals surface area (Å²) in [5.41, 5.74) is -0.470. The summed E-state index contributed by atoms with van der Waals surface area (Å²) in [6.07, 6.45) is 3.18. The van der Waals surface area contributed by atoms with Gasteiger partial charge in [-0.2, -0.15) is 0 Å². The summed E-state index contributed by atoms with van der Waals surface area (Å²) in [5, 5.41) is 10.8. The maximum absolute atomic E-state index is 13.1. The quantitative estimate of drug-likeness (QED) is 0.804. The lowest BCUT2D eigenvalue weighted by Crippen LogP contribution is -2.55. The van der Waals surface area contributed by atoms with Gasteiger partial charge >= 0.3 is 6.09 Å². The van der Waals surface area contributed by atoms with Gasteiger partial charge in [0.15, 0.2) is 6.23 Å². The van der Waals surface area contributed by atoms with Gasteiger partial charge in [-0.05, 0) is 56.8 Å². The summed E-state index contributed by atoms with van der Waals surface area (Å²) in [6.45, 7) is 14.7. The van der Waals surface area contributed by atoms with Crippen molar-refractivity contribution in [3.63, 3.8) is 0 Å². The molecule has 0 aromatic heterocycles. The molecule has 1 N–H and O–H groups in total. The van der Waals surface area contributed by atoms with E-state index < -0.39 is 17.9 Å². The third kappa shape index (κ3) is 2.86. The smallest absolute Gasteiger partial charge is 0.412 e. The molecular weight excluding hydrogens is 330 g/mol. The van der Waals surface area contributed by atoms with E-state index in [0.29, 0.717) is 12.3 Å². The first-order chi connectivity index (χ1) is 11.9. The Labute approximate surface area is 158 Å². The molecule has 0 aromatic rings. The van der Waals surface area contributed by atoms with E-state index >= 15 is 0 Å². The lowest BCUT2D eigenvalue weighted by molar-refractivity contribution is -0.106. The van der Waals surface area contributed by atoms with Gasteiger partial charge in [0.2, 0.25) is 0 Å². The molecule has 5 nitrogen and oxygen atoms in total. The van der Waals surface area contributed by atoms with Crippen molar-refractivity contribution in [1.29, 1.82) is 0 Å². The fourth-order valence-electron chi connectivity index (χ4n) is 5.63. The first-order valence-corrected chi connectivity index (χ1v) is 10.3. The third-order valence-electron chi connectivity index (χ3n) is 7.39. The van der Waals surface area contributed by atoms with Crippen LogP contribution in [0.25, 0.3) is 0 Å². The van der Waals surface area contributed by atoms with Crippen LogP contribution in [-0.2, 0) is 9.47 Å². The zero-order chi connectivity index (χ0) is 19.5. The number of rotatable bonds is 4. The molecule has 2 aliphatic carbocycles. The molecule has 3 rings (SSSR count). The van der Waals surface area contributed by atoms with Crippen molar-refractivity contribution in [3.8, 4) is 0 Å². The monoisotopic (exact) mass is 367 g/mol. The van der Waals surface area contributed by atoms with Crippen molar-refractivity contribution in [3.05, 3.63) is 0 Å². The molecule has 2 saturated carbocycles. The van der Waals surface area contributed by atoms with E-state index in [0.717, 1.165) is 25.7 Å². The van der Waals surface area contributed by atoms with Crippen molar-refractivity contribution in [1.82, 2.24) is 4.90 Å². The molecule has 3 fully saturated rings. The standard InChI is InChI=1S/C21H37NO4/c1-8-9-10-14(23)17-22(18(24)26-19(2,3)4)16-15(25-17)13-11-12-21(16,7)20(13,5)6/h13-17,23H,8-12H2,1-7H3/t13-,14-,15+,16+,17-,21-/m0/s1. The van der Waals surface area contributed by atoms with Crippen LogP contribution in [0.4, 0.5) is 4.79 Å². The van der Waals surface area contributed by atoms with Gasteiger partial charge in [0.25, 0.3) is 0 Å². The molecule has 6 atom stereocenters. The van der Waals surface area contributed by atoms with Crippen molar-refractivity contribution in [2.24, 2.45) is 16.7 Å². The minimum absolute atomic E-state index is 0.00227. The second-order valence-corrected chi connectivity index (χ2v) is 10.3. The zero-order valence-electron chi connectivity index (χ0n) is 17.5. The van der Waals surface area contributed by atoms with E-state index in [1.165, 1.54) is 0 Å². The Hall–Kier alpha value is -0.810. The van der Waals surface area contributed by atoms with Crippen molar-refractivity contribution in [2.75, 3.05) is 0 Å². The number of aliphatic hydroxyl groups excluding tert-OH is 1. The highest BCUT2D eigenvalue weighted by Crippen LogP contribution is 2.69. The van der Waals surface area contributed by atoms with Crippen LogP contribution < -0.4 is 0 Å². The predicted molar refractivity (Wildman–Crippen MR) is 101 cm³/mol.